The molecule has 17 heteroatoms. The van der Waals surface area contributed by atoms with Crippen molar-refractivity contribution >= 4 is 56.9 Å². The van der Waals surface area contributed by atoms with Gasteiger partial charge < -0.3 is 20.9 Å². The second-order valence-electron chi connectivity index (χ2n) is 13.5. The summed E-state index contributed by atoms with van der Waals surface area (Å²) < 4.78 is 57.4. The van der Waals surface area contributed by atoms with E-state index in [1.807, 2.05) is 4.72 Å². The molecule has 1 unspecified atom stereocenters. The van der Waals surface area contributed by atoms with Crippen molar-refractivity contribution < 1.29 is 46.0 Å². The van der Waals surface area contributed by atoms with Gasteiger partial charge in [0.05, 0.1) is 17.5 Å². The Labute approximate surface area is 313 Å². The minimum absolute atomic E-state index is 0.0335. The summed E-state index contributed by atoms with van der Waals surface area (Å²) in [5.74, 6) is -12.3. The summed E-state index contributed by atoms with van der Waals surface area (Å²) in [5.41, 5.74) is -0.0358. The molecule has 53 heavy (non-hydrogen) atoms. The molecule has 1 saturated carbocycles. The molecule has 5 amide bonds. The van der Waals surface area contributed by atoms with E-state index < -0.39 is 87.8 Å². The lowest BCUT2D eigenvalue weighted by molar-refractivity contribution is -0.166. The van der Waals surface area contributed by atoms with Crippen LogP contribution in [0, 0.1) is 11.8 Å². The number of nitrogens with one attached hydrogen (secondary N) is 4. The van der Waals surface area contributed by atoms with Crippen LogP contribution in [0.1, 0.15) is 87.4 Å². The normalized spacial score (nSPS) is 14.7. The molecule has 0 aliphatic heterocycles. The lowest BCUT2D eigenvalue weighted by atomic mass is 9.91. The molecular weight excluding hydrogens is 736 g/mol. The van der Waals surface area contributed by atoms with E-state index in [9.17, 15) is 37.2 Å². The molecule has 1 aliphatic rings. The Bertz CT molecular complexity index is 1770. The average molecular weight is 782 g/mol. The minimum Gasteiger partial charge on any atom is -0.350 e. The number of ketones is 1. The first-order valence-electron chi connectivity index (χ1n) is 17.3. The predicted molar refractivity (Wildman–Crippen MR) is 193 cm³/mol. The van der Waals surface area contributed by atoms with Crippen LogP contribution < -0.4 is 20.7 Å². The lowest BCUT2D eigenvalue weighted by Crippen LogP contribution is -2.61. The van der Waals surface area contributed by atoms with Gasteiger partial charge in [0.25, 0.3) is 27.7 Å². The molecule has 0 bridgehead atoms. The van der Waals surface area contributed by atoms with Gasteiger partial charge in [-0.05, 0) is 79.6 Å². The highest BCUT2D eigenvalue weighted by Gasteiger charge is 2.53. The van der Waals surface area contributed by atoms with Crippen LogP contribution in [0.3, 0.4) is 0 Å². The van der Waals surface area contributed by atoms with Gasteiger partial charge >= 0.3 is 5.92 Å². The molecule has 2 atom stereocenters. The van der Waals surface area contributed by atoms with E-state index in [-0.39, 0.29) is 22.6 Å². The number of Topliss-reactive ketones (excluding diaryl/α,β-unsaturated/α-hetero) is 1. The Morgan fingerprint density at radius 1 is 0.849 bits per heavy atom. The van der Waals surface area contributed by atoms with Crippen molar-refractivity contribution in [2.24, 2.45) is 11.8 Å². The number of carbonyl (C=O) groups is 6. The second-order valence-corrected chi connectivity index (χ2v) is 15.6. The zero-order valence-electron chi connectivity index (χ0n) is 30.2. The Morgan fingerprint density at radius 3 is 1.91 bits per heavy atom. The molecule has 0 aromatic heterocycles. The summed E-state index contributed by atoms with van der Waals surface area (Å²) in [7, 11) is -4.21. The van der Waals surface area contributed by atoms with E-state index in [4.69, 9.17) is 11.6 Å². The number of sulfonamides is 1. The van der Waals surface area contributed by atoms with Gasteiger partial charge in [0.2, 0.25) is 17.6 Å². The van der Waals surface area contributed by atoms with Crippen molar-refractivity contribution in [2.75, 3.05) is 13.1 Å². The SMILES string of the molecule is CCCNC(=O)C(F)(F)C(=O)C(C(C)C)N(C(=O)CNC(=O)[C@@H](NC(=O)c1ccc(C(=O)NS(=O)(=O)c2ccc(Cl)cc2)cc1)C(C)C)C1CCCC1. The van der Waals surface area contributed by atoms with Crippen molar-refractivity contribution in [3.63, 3.8) is 0 Å². The Kier molecular flexibility index (Phi) is 15.0. The molecule has 3 rings (SSSR count). The highest BCUT2D eigenvalue weighted by Crippen LogP contribution is 2.31. The van der Waals surface area contributed by atoms with E-state index in [1.165, 1.54) is 62.4 Å². The number of hydrogen-bond acceptors (Lipinski definition) is 8. The molecule has 13 nitrogen and oxygen atoms in total. The van der Waals surface area contributed by atoms with Gasteiger partial charge in [0, 0.05) is 28.7 Å². The fraction of sp³-hybridized carbons (Fsp3) is 0.500. The maximum Gasteiger partial charge on any atom is 0.383 e. The molecule has 290 valence electrons. The summed E-state index contributed by atoms with van der Waals surface area (Å²) in [6, 6.07) is 6.78. The molecule has 2 aromatic rings. The lowest BCUT2D eigenvalue weighted by Gasteiger charge is -2.39. The van der Waals surface area contributed by atoms with Gasteiger partial charge in [0.15, 0.2) is 0 Å². The van der Waals surface area contributed by atoms with Crippen molar-refractivity contribution in [2.45, 2.75) is 95.7 Å². The van der Waals surface area contributed by atoms with E-state index in [0.29, 0.717) is 37.1 Å². The third-order valence-corrected chi connectivity index (χ3v) is 10.3. The molecule has 0 radical (unpaired) electrons. The molecule has 0 heterocycles. The minimum atomic E-state index is -4.39. The molecule has 2 aromatic carbocycles. The summed E-state index contributed by atoms with van der Waals surface area (Å²) in [5, 5.41) is 7.41. The van der Waals surface area contributed by atoms with Crippen molar-refractivity contribution in [3.05, 3.63) is 64.7 Å². The number of carbonyl (C=O) groups excluding carboxylic acids is 6. The van der Waals surface area contributed by atoms with Crippen LogP contribution in [0.4, 0.5) is 8.78 Å². The van der Waals surface area contributed by atoms with Gasteiger partial charge in [-0.15, -0.1) is 0 Å². The van der Waals surface area contributed by atoms with Gasteiger partial charge in [-0.3, -0.25) is 28.8 Å². The predicted octanol–water partition coefficient (Wildman–Crippen LogP) is 3.86. The van der Waals surface area contributed by atoms with Gasteiger partial charge in [-0.25, -0.2) is 13.1 Å². The maximum absolute atomic E-state index is 15.2. The Hall–Kier alpha value is -4.44. The van der Waals surface area contributed by atoms with Crippen LogP contribution in [-0.2, 0) is 29.2 Å². The van der Waals surface area contributed by atoms with E-state index in [1.54, 1.807) is 20.8 Å². The topological polar surface area (TPSA) is 188 Å². The smallest absolute Gasteiger partial charge is 0.350 e. The number of benzene rings is 2. The highest BCUT2D eigenvalue weighted by atomic mass is 35.5. The summed E-state index contributed by atoms with van der Waals surface area (Å²) in [6.07, 6.45) is 2.67. The number of alkyl halides is 2. The zero-order chi connectivity index (χ0) is 39.7. The molecule has 4 N–H and O–H groups in total. The second kappa shape index (κ2) is 18.5. The zero-order valence-corrected chi connectivity index (χ0v) is 31.8. The monoisotopic (exact) mass is 781 g/mol. The Morgan fingerprint density at radius 2 is 1.40 bits per heavy atom. The van der Waals surface area contributed by atoms with Crippen LogP contribution in [0.5, 0.6) is 0 Å². The van der Waals surface area contributed by atoms with Crippen LogP contribution in [0.2, 0.25) is 5.02 Å². The molecular formula is C36H46ClF2N5O8S. The fourth-order valence-electron chi connectivity index (χ4n) is 5.92. The van der Waals surface area contributed by atoms with Crippen LogP contribution >= 0.6 is 11.6 Å². The first-order chi connectivity index (χ1) is 24.8. The standard InChI is InChI=1S/C36H46ClF2N5O8S/c1-6-19-40-35(50)36(38,39)31(46)30(22(4)5)44(26-9-7-8-10-26)28(45)20-41-34(49)29(21(2)3)42-32(47)23-11-13-24(14-12-23)33(48)43-53(51,52)27-17-15-25(37)16-18-27/h11-18,21-22,26,29-30H,6-10,19-20H2,1-5H3,(H,40,50)(H,41,49)(H,42,47)(H,43,48)/t29-,30?/m0/s1. The van der Waals surface area contributed by atoms with Crippen molar-refractivity contribution in [1.29, 1.82) is 0 Å². The highest BCUT2D eigenvalue weighted by molar-refractivity contribution is 7.90. The largest absolute Gasteiger partial charge is 0.383 e. The van der Waals surface area contributed by atoms with Crippen molar-refractivity contribution in [1.82, 2.24) is 25.6 Å². The number of halogens is 3. The molecule has 1 fully saturated rings. The summed E-state index contributed by atoms with van der Waals surface area (Å²) in [4.78, 5) is 79.3. The first-order valence-corrected chi connectivity index (χ1v) is 19.2. The van der Waals surface area contributed by atoms with Crippen molar-refractivity contribution in [3.8, 4) is 0 Å². The summed E-state index contributed by atoms with van der Waals surface area (Å²) in [6.45, 7) is 7.24. The Balaban J connectivity index is 1.71. The fourth-order valence-corrected chi connectivity index (χ4v) is 7.02. The van der Waals surface area contributed by atoms with E-state index in [2.05, 4.69) is 16.0 Å². The van der Waals surface area contributed by atoms with Crippen LogP contribution in [0.15, 0.2) is 53.4 Å². The van der Waals surface area contributed by atoms with Gasteiger partial charge in [-0.1, -0.05) is 59.1 Å². The van der Waals surface area contributed by atoms with Gasteiger partial charge in [0.1, 0.15) is 6.04 Å². The third-order valence-electron chi connectivity index (χ3n) is 8.75. The molecule has 1 aliphatic carbocycles. The first kappa shape index (κ1) is 43.0. The van der Waals surface area contributed by atoms with E-state index >= 15 is 8.78 Å². The third kappa shape index (κ3) is 11.0. The molecule has 0 spiro atoms. The number of amides is 5. The number of nitrogens with zero attached hydrogens (tertiary/aromatic N) is 1. The van der Waals surface area contributed by atoms with Gasteiger partial charge in [-0.2, -0.15) is 8.78 Å². The molecule has 0 saturated heterocycles. The number of rotatable bonds is 17. The number of hydrogen-bond donors (Lipinski definition) is 4. The van der Waals surface area contributed by atoms with Crippen LogP contribution in [-0.4, -0.2) is 85.8 Å². The van der Waals surface area contributed by atoms with Crippen LogP contribution in [0.25, 0.3) is 0 Å². The quantitative estimate of drug-likeness (QED) is 0.174. The maximum atomic E-state index is 15.2. The average Bonchev–Trinajstić information content (AvgIpc) is 3.64. The summed E-state index contributed by atoms with van der Waals surface area (Å²) >= 11 is 5.80. The van der Waals surface area contributed by atoms with E-state index in [0.717, 1.165) is 4.90 Å².